The first-order chi connectivity index (χ1) is 11.6. The number of aryl methyl sites for hydroxylation is 1. The molecule has 0 fully saturated rings. The molecular formula is C19H14N2O3. The lowest BCUT2D eigenvalue weighted by molar-refractivity contribution is 0.0610. The summed E-state index contributed by atoms with van der Waals surface area (Å²) in [6, 6.07) is 16.3. The highest BCUT2D eigenvalue weighted by Crippen LogP contribution is 2.36. The van der Waals surface area contributed by atoms with Crippen LogP contribution < -0.4 is 10.6 Å². The Morgan fingerprint density at radius 1 is 0.917 bits per heavy atom. The fraction of sp³-hybridized carbons (Fsp3) is 0.0526. The lowest BCUT2D eigenvalue weighted by atomic mass is 9.94. The van der Waals surface area contributed by atoms with Crippen molar-refractivity contribution in [1.82, 2.24) is 5.01 Å². The van der Waals surface area contributed by atoms with Crippen LogP contribution in [0.2, 0.25) is 0 Å². The molecule has 0 spiro atoms. The molecule has 1 aliphatic heterocycles. The van der Waals surface area contributed by atoms with Gasteiger partial charge in [-0.1, -0.05) is 24.3 Å². The molecule has 3 aromatic rings. The Kier molecular flexibility index (Phi) is 3.11. The van der Waals surface area contributed by atoms with E-state index in [-0.39, 0.29) is 0 Å². The number of carbonyl (C=O) groups excluding carboxylic acids is 2. The topological polar surface area (TPSA) is 72.6 Å². The highest BCUT2D eigenvalue weighted by Gasteiger charge is 2.31. The van der Waals surface area contributed by atoms with Crippen molar-refractivity contribution in [3.8, 4) is 11.5 Å². The number of hydrogen-bond acceptors (Lipinski definition) is 4. The molecule has 24 heavy (non-hydrogen) atoms. The Morgan fingerprint density at radius 2 is 1.62 bits per heavy atom. The van der Waals surface area contributed by atoms with E-state index in [0.717, 1.165) is 5.56 Å². The van der Waals surface area contributed by atoms with Gasteiger partial charge in [-0.05, 0) is 42.8 Å². The molecule has 5 heteroatoms. The van der Waals surface area contributed by atoms with Gasteiger partial charge < -0.3 is 4.74 Å². The average Bonchev–Trinajstić information content (AvgIpc) is 2.59. The molecule has 4 rings (SSSR count). The Morgan fingerprint density at radius 3 is 2.38 bits per heavy atom. The number of benzene rings is 3. The summed E-state index contributed by atoms with van der Waals surface area (Å²) in [7, 11) is 0. The van der Waals surface area contributed by atoms with Crippen LogP contribution in [0.1, 0.15) is 26.3 Å². The van der Waals surface area contributed by atoms with Crippen LogP contribution in [0.5, 0.6) is 11.5 Å². The number of imide groups is 1. The van der Waals surface area contributed by atoms with Gasteiger partial charge in [0.05, 0.1) is 11.1 Å². The second-order valence-corrected chi connectivity index (χ2v) is 5.74. The van der Waals surface area contributed by atoms with Crippen molar-refractivity contribution < 1.29 is 14.3 Å². The van der Waals surface area contributed by atoms with Gasteiger partial charge in [-0.2, -0.15) is 0 Å². The van der Waals surface area contributed by atoms with Crippen LogP contribution in [0.4, 0.5) is 0 Å². The average molecular weight is 318 g/mol. The highest BCUT2D eigenvalue weighted by atomic mass is 16.5. The zero-order valence-electron chi connectivity index (χ0n) is 12.9. The molecule has 0 unspecified atom stereocenters. The van der Waals surface area contributed by atoms with E-state index in [0.29, 0.717) is 38.4 Å². The molecule has 0 saturated heterocycles. The first kappa shape index (κ1) is 14.4. The number of amides is 2. The minimum absolute atomic E-state index is 0.402. The van der Waals surface area contributed by atoms with Gasteiger partial charge >= 0.3 is 0 Å². The molecule has 2 amide bonds. The third-order valence-corrected chi connectivity index (χ3v) is 4.12. The SMILES string of the molecule is Cc1cccc(Oc2ccc3c4c(cccc24)C(=O)N(N)C3=O)c1. The first-order valence-electron chi connectivity index (χ1n) is 7.50. The first-order valence-corrected chi connectivity index (χ1v) is 7.50. The maximum Gasteiger partial charge on any atom is 0.275 e. The van der Waals surface area contributed by atoms with Gasteiger partial charge in [-0.25, -0.2) is 10.9 Å². The number of nitrogens with zero attached hydrogens (tertiary/aromatic N) is 1. The summed E-state index contributed by atoms with van der Waals surface area (Å²) in [5, 5.41) is 1.94. The van der Waals surface area contributed by atoms with Crippen LogP contribution >= 0.6 is 0 Å². The van der Waals surface area contributed by atoms with Crippen LogP contribution in [0, 0.1) is 6.92 Å². The molecule has 0 aromatic heterocycles. The van der Waals surface area contributed by atoms with Gasteiger partial charge in [0.25, 0.3) is 11.8 Å². The fourth-order valence-electron chi connectivity index (χ4n) is 2.98. The third-order valence-electron chi connectivity index (χ3n) is 4.12. The van der Waals surface area contributed by atoms with E-state index < -0.39 is 11.8 Å². The fourth-order valence-corrected chi connectivity index (χ4v) is 2.98. The van der Waals surface area contributed by atoms with E-state index in [4.69, 9.17) is 10.6 Å². The van der Waals surface area contributed by atoms with E-state index in [1.54, 1.807) is 24.3 Å². The molecule has 0 bridgehead atoms. The minimum atomic E-state index is -0.509. The minimum Gasteiger partial charge on any atom is -0.457 e. The lowest BCUT2D eigenvalue weighted by Gasteiger charge is -2.23. The molecule has 1 aliphatic rings. The molecule has 0 radical (unpaired) electrons. The summed E-state index contributed by atoms with van der Waals surface area (Å²) in [6.45, 7) is 1.98. The molecule has 3 aromatic carbocycles. The van der Waals surface area contributed by atoms with Crippen LogP contribution in [-0.2, 0) is 0 Å². The van der Waals surface area contributed by atoms with Gasteiger partial charge in [0.15, 0.2) is 0 Å². The number of nitrogens with two attached hydrogens (primary N) is 1. The maximum atomic E-state index is 12.3. The van der Waals surface area contributed by atoms with E-state index >= 15 is 0 Å². The second-order valence-electron chi connectivity index (χ2n) is 5.74. The zero-order valence-corrected chi connectivity index (χ0v) is 12.9. The van der Waals surface area contributed by atoms with Crippen molar-refractivity contribution in [2.45, 2.75) is 6.92 Å². The lowest BCUT2D eigenvalue weighted by Crippen LogP contribution is -2.45. The number of ether oxygens (including phenoxy) is 1. The predicted molar refractivity (Wildman–Crippen MR) is 89.9 cm³/mol. The second kappa shape index (κ2) is 5.18. The Bertz CT molecular complexity index is 988. The highest BCUT2D eigenvalue weighted by molar-refractivity contribution is 6.25. The van der Waals surface area contributed by atoms with Crippen LogP contribution in [0.3, 0.4) is 0 Å². The standard InChI is InChI=1S/C19H14N2O3/c1-11-4-2-5-12(10-11)24-16-9-8-15-17-13(16)6-3-7-14(17)18(22)21(20)19(15)23/h2-10H,20H2,1H3. The maximum absolute atomic E-state index is 12.3. The Labute approximate surface area is 138 Å². The van der Waals surface area contributed by atoms with E-state index in [1.165, 1.54) is 0 Å². The number of carbonyl (C=O) groups is 2. The summed E-state index contributed by atoms with van der Waals surface area (Å²) in [5.41, 5.74) is 1.89. The van der Waals surface area contributed by atoms with Crippen LogP contribution in [0.15, 0.2) is 54.6 Å². The molecule has 5 nitrogen and oxygen atoms in total. The van der Waals surface area contributed by atoms with Crippen molar-refractivity contribution in [2.24, 2.45) is 5.84 Å². The predicted octanol–water partition coefficient (Wildman–Crippen LogP) is 3.41. The van der Waals surface area contributed by atoms with Gasteiger partial charge in [0.2, 0.25) is 0 Å². The van der Waals surface area contributed by atoms with Gasteiger partial charge in [-0.3, -0.25) is 9.59 Å². The summed E-state index contributed by atoms with van der Waals surface area (Å²) in [5.74, 6) is 5.86. The zero-order chi connectivity index (χ0) is 16.8. The van der Waals surface area contributed by atoms with Crippen molar-refractivity contribution in [3.63, 3.8) is 0 Å². The van der Waals surface area contributed by atoms with Crippen LogP contribution in [-0.4, -0.2) is 16.8 Å². The molecular weight excluding hydrogens is 304 g/mol. The third kappa shape index (κ3) is 2.06. The monoisotopic (exact) mass is 318 g/mol. The van der Waals surface area contributed by atoms with Gasteiger partial charge in [0, 0.05) is 10.8 Å². The van der Waals surface area contributed by atoms with Crippen molar-refractivity contribution >= 4 is 22.6 Å². The summed E-state index contributed by atoms with van der Waals surface area (Å²) in [6.07, 6.45) is 0. The van der Waals surface area contributed by atoms with Gasteiger partial charge in [-0.15, -0.1) is 0 Å². The quantitative estimate of drug-likeness (QED) is 0.446. The van der Waals surface area contributed by atoms with Crippen LogP contribution in [0.25, 0.3) is 10.8 Å². The molecule has 0 atom stereocenters. The van der Waals surface area contributed by atoms with E-state index in [9.17, 15) is 9.59 Å². The summed E-state index contributed by atoms with van der Waals surface area (Å²) in [4.78, 5) is 24.5. The molecule has 1 heterocycles. The largest absolute Gasteiger partial charge is 0.457 e. The number of hydrazine groups is 1. The Hall–Kier alpha value is -3.18. The Balaban J connectivity index is 1.92. The summed E-state index contributed by atoms with van der Waals surface area (Å²) < 4.78 is 5.98. The van der Waals surface area contributed by atoms with Crippen molar-refractivity contribution in [1.29, 1.82) is 0 Å². The van der Waals surface area contributed by atoms with Crippen molar-refractivity contribution in [2.75, 3.05) is 0 Å². The molecule has 2 N–H and O–H groups in total. The number of rotatable bonds is 2. The molecule has 0 aliphatic carbocycles. The molecule has 0 saturated carbocycles. The van der Waals surface area contributed by atoms with Gasteiger partial charge in [0.1, 0.15) is 11.5 Å². The smallest absolute Gasteiger partial charge is 0.275 e. The number of hydrogen-bond donors (Lipinski definition) is 1. The van der Waals surface area contributed by atoms with E-state index in [2.05, 4.69) is 0 Å². The molecule has 118 valence electrons. The van der Waals surface area contributed by atoms with Crippen molar-refractivity contribution in [3.05, 3.63) is 71.3 Å². The van der Waals surface area contributed by atoms with E-state index in [1.807, 2.05) is 37.3 Å². The normalized spacial score (nSPS) is 13.5. The summed E-state index contributed by atoms with van der Waals surface area (Å²) >= 11 is 0.